The highest BCUT2D eigenvalue weighted by Gasteiger charge is 2.29. The molecule has 0 unspecified atom stereocenters. The second kappa shape index (κ2) is 9.20. The average Bonchev–Trinajstić information content (AvgIpc) is 3.16. The van der Waals surface area contributed by atoms with Crippen LogP contribution in [0.15, 0.2) is 54.6 Å². The van der Waals surface area contributed by atoms with Crippen molar-refractivity contribution >= 4 is 28.7 Å². The van der Waals surface area contributed by atoms with Gasteiger partial charge in [-0.25, -0.2) is 9.78 Å². The van der Waals surface area contributed by atoms with E-state index in [0.29, 0.717) is 32.5 Å². The molecule has 0 bridgehead atoms. The van der Waals surface area contributed by atoms with E-state index < -0.39 is 0 Å². The molecule has 0 radical (unpaired) electrons. The van der Waals surface area contributed by atoms with E-state index in [1.54, 1.807) is 9.80 Å². The predicted molar refractivity (Wildman–Crippen MR) is 122 cm³/mol. The van der Waals surface area contributed by atoms with Gasteiger partial charge in [0.1, 0.15) is 5.82 Å². The molecule has 1 aromatic heterocycles. The number of benzene rings is 2. The standard InChI is InChI=1S/C24H29N5O2/c1-3-29-21-12-8-7-11-20(21)26-22(29)17-27(2)23(30)18-13-15-28(16-14-18)24(31)25-19-9-5-4-6-10-19/h4-12,18H,3,13-17H2,1-2H3,(H,25,31). The molecule has 0 aliphatic carbocycles. The average molecular weight is 420 g/mol. The molecular formula is C24H29N5O2. The SMILES string of the molecule is CCn1c(CN(C)C(=O)C2CCN(C(=O)Nc3ccccc3)CC2)nc2ccccc21. The highest BCUT2D eigenvalue weighted by Crippen LogP contribution is 2.22. The second-order valence-electron chi connectivity index (χ2n) is 8.01. The van der Waals surface area contributed by atoms with Crippen LogP contribution >= 0.6 is 0 Å². The molecule has 1 saturated heterocycles. The summed E-state index contributed by atoms with van der Waals surface area (Å²) in [5, 5.41) is 2.92. The zero-order valence-electron chi connectivity index (χ0n) is 18.1. The Hall–Kier alpha value is -3.35. The van der Waals surface area contributed by atoms with Crippen molar-refractivity contribution in [3.05, 3.63) is 60.4 Å². The van der Waals surface area contributed by atoms with E-state index in [0.717, 1.165) is 29.1 Å². The van der Waals surface area contributed by atoms with Gasteiger partial charge < -0.3 is 19.7 Å². The lowest BCUT2D eigenvalue weighted by Gasteiger charge is -2.33. The summed E-state index contributed by atoms with van der Waals surface area (Å²) in [6.45, 7) is 4.55. The van der Waals surface area contributed by atoms with Crippen LogP contribution in [0.2, 0.25) is 0 Å². The number of hydrogen-bond donors (Lipinski definition) is 1. The lowest BCUT2D eigenvalue weighted by atomic mass is 9.95. The fourth-order valence-electron chi connectivity index (χ4n) is 4.25. The van der Waals surface area contributed by atoms with Crippen LogP contribution in [0.25, 0.3) is 11.0 Å². The number of carbonyl (C=O) groups excluding carboxylic acids is 2. The quantitative estimate of drug-likeness (QED) is 0.681. The van der Waals surface area contributed by atoms with Crippen LogP contribution in [-0.4, -0.2) is 51.4 Å². The molecule has 31 heavy (non-hydrogen) atoms. The van der Waals surface area contributed by atoms with Gasteiger partial charge in [-0.05, 0) is 44.0 Å². The predicted octanol–water partition coefficient (Wildman–Crippen LogP) is 3.96. The number of rotatable bonds is 5. The molecule has 7 heteroatoms. The summed E-state index contributed by atoms with van der Waals surface area (Å²) in [4.78, 5) is 33.8. The molecule has 1 N–H and O–H groups in total. The first-order valence-corrected chi connectivity index (χ1v) is 10.9. The molecule has 1 aliphatic heterocycles. The monoisotopic (exact) mass is 419 g/mol. The Morgan fingerprint density at radius 3 is 2.45 bits per heavy atom. The maximum Gasteiger partial charge on any atom is 0.321 e. The molecule has 3 amide bonds. The summed E-state index contributed by atoms with van der Waals surface area (Å²) < 4.78 is 2.16. The molecule has 1 fully saturated rings. The molecule has 1 aliphatic rings. The van der Waals surface area contributed by atoms with Crippen LogP contribution in [0.3, 0.4) is 0 Å². The number of hydrogen-bond acceptors (Lipinski definition) is 3. The molecule has 3 aromatic rings. The summed E-state index contributed by atoms with van der Waals surface area (Å²) in [5.41, 5.74) is 2.83. The Morgan fingerprint density at radius 1 is 1.06 bits per heavy atom. The lowest BCUT2D eigenvalue weighted by molar-refractivity contribution is -0.136. The number of likely N-dealkylation sites (tertiary alicyclic amines) is 1. The van der Waals surface area contributed by atoms with E-state index in [-0.39, 0.29) is 17.9 Å². The topological polar surface area (TPSA) is 70.5 Å². The molecule has 0 saturated carbocycles. The fourth-order valence-corrected chi connectivity index (χ4v) is 4.25. The number of nitrogens with one attached hydrogen (secondary N) is 1. The molecule has 0 atom stereocenters. The third-order valence-electron chi connectivity index (χ3n) is 5.96. The van der Waals surface area contributed by atoms with Crippen LogP contribution in [0.4, 0.5) is 10.5 Å². The molecular weight excluding hydrogens is 390 g/mol. The summed E-state index contributed by atoms with van der Waals surface area (Å²) in [7, 11) is 1.84. The minimum absolute atomic E-state index is 0.0646. The van der Waals surface area contributed by atoms with Crippen LogP contribution in [-0.2, 0) is 17.9 Å². The van der Waals surface area contributed by atoms with Gasteiger partial charge in [-0.2, -0.15) is 0 Å². The Labute approximate surface area is 182 Å². The number of nitrogens with zero attached hydrogens (tertiary/aromatic N) is 4. The first-order chi connectivity index (χ1) is 15.1. The second-order valence-corrected chi connectivity index (χ2v) is 8.01. The van der Waals surface area contributed by atoms with E-state index >= 15 is 0 Å². The molecule has 7 nitrogen and oxygen atoms in total. The molecule has 0 spiro atoms. The van der Waals surface area contributed by atoms with E-state index in [1.807, 2.05) is 55.6 Å². The number of anilines is 1. The van der Waals surface area contributed by atoms with Gasteiger partial charge in [-0.3, -0.25) is 4.79 Å². The van der Waals surface area contributed by atoms with Crippen LogP contribution in [0.5, 0.6) is 0 Å². The fraction of sp³-hybridized carbons (Fsp3) is 0.375. The van der Waals surface area contributed by atoms with Crippen molar-refractivity contribution in [3.63, 3.8) is 0 Å². The summed E-state index contributed by atoms with van der Waals surface area (Å²) in [6, 6.07) is 17.4. The van der Waals surface area contributed by atoms with Crippen LogP contribution in [0.1, 0.15) is 25.6 Å². The van der Waals surface area contributed by atoms with Gasteiger partial charge in [-0.1, -0.05) is 30.3 Å². The van der Waals surface area contributed by atoms with Gasteiger partial charge >= 0.3 is 6.03 Å². The number of piperidine rings is 1. The highest BCUT2D eigenvalue weighted by atomic mass is 16.2. The van der Waals surface area contributed by atoms with Gasteiger partial charge in [0, 0.05) is 38.3 Å². The van der Waals surface area contributed by atoms with Crippen molar-refractivity contribution in [2.24, 2.45) is 5.92 Å². The number of urea groups is 1. The number of amides is 3. The third kappa shape index (κ3) is 4.55. The van der Waals surface area contributed by atoms with Crippen molar-refractivity contribution in [3.8, 4) is 0 Å². The van der Waals surface area contributed by atoms with Gasteiger partial charge in [0.25, 0.3) is 0 Å². The van der Waals surface area contributed by atoms with Gasteiger partial charge in [0.05, 0.1) is 17.6 Å². The summed E-state index contributed by atoms with van der Waals surface area (Å²) in [5.74, 6) is 0.960. The van der Waals surface area contributed by atoms with Gasteiger partial charge in [0.15, 0.2) is 0 Å². The first-order valence-electron chi connectivity index (χ1n) is 10.9. The minimum Gasteiger partial charge on any atom is -0.338 e. The minimum atomic E-state index is -0.109. The maximum absolute atomic E-state index is 13.1. The number of carbonyl (C=O) groups is 2. The van der Waals surface area contributed by atoms with Gasteiger partial charge in [-0.15, -0.1) is 0 Å². The Bertz CT molecular complexity index is 1050. The third-order valence-corrected chi connectivity index (χ3v) is 5.96. The van der Waals surface area contributed by atoms with Crippen molar-refractivity contribution < 1.29 is 9.59 Å². The summed E-state index contributed by atoms with van der Waals surface area (Å²) in [6.07, 6.45) is 1.35. The smallest absolute Gasteiger partial charge is 0.321 e. The Balaban J connectivity index is 1.34. The zero-order valence-corrected chi connectivity index (χ0v) is 18.1. The van der Waals surface area contributed by atoms with Crippen molar-refractivity contribution in [2.75, 3.05) is 25.5 Å². The van der Waals surface area contributed by atoms with E-state index in [2.05, 4.69) is 22.9 Å². The lowest BCUT2D eigenvalue weighted by Crippen LogP contribution is -2.45. The molecule has 162 valence electrons. The highest BCUT2D eigenvalue weighted by molar-refractivity contribution is 5.89. The maximum atomic E-state index is 13.1. The van der Waals surface area contributed by atoms with Crippen molar-refractivity contribution in [2.45, 2.75) is 32.9 Å². The number of fused-ring (bicyclic) bond motifs is 1. The van der Waals surface area contributed by atoms with Gasteiger partial charge in [0.2, 0.25) is 5.91 Å². The van der Waals surface area contributed by atoms with Crippen molar-refractivity contribution in [1.29, 1.82) is 0 Å². The number of imidazole rings is 1. The zero-order chi connectivity index (χ0) is 21.8. The molecule has 2 heterocycles. The number of aryl methyl sites for hydroxylation is 1. The van der Waals surface area contributed by atoms with E-state index in [9.17, 15) is 9.59 Å². The number of para-hydroxylation sites is 3. The Kier molecular flexibility index (Phi) is 6.21. The largest absolute Gasteiger partial charge is 0.338 e. The van der Waals surface area contributed by atoms with Crippen LogP contribution in [0, 0.1) is 5.92 Å². The summed E-state index contributed by atoms with van der Waals surface area (Å²) >= 11 is 0. The molecule has 4 rings (SSSR count). The molecule has 2 aromatic carbocycles. The number of aromatic nitrogens is 2. The normalized spacial score (nSPS) is 14.6. The van der Waals surface area contributed by atoms with E-state index in [1.165, 1.54) is 0 Å². The van der Waals surface area contributed by atoms with Crippen LogP contribution < -0.4 is 5.32 Å². The van der Waals surface area contributed by atoms with E-state index in [4.69, 9.17) is 4.98 Å². The Morgan fingerprint density at radius 2 is 1.74 bits per heavy atom. The van der Waals surface area contributed by atoms with Crippen molar-refractivity contribution in [1.82, 2.24) is 19.4 Å². The first kappa shape index (κ1) is 20.9.